The molecule has 0 aromatic heterocycles. The van der Waals surface area contributed by atoms with E-state index >= 15 is 0 Å². The number of amides is 2. The maximum atomic E-state index is 11.1. The Morgan fingerprint density at radius 1 is 1.40 bits per heavy atom. The molecule has 0 spiro atoms. The van der Waals surface area contributed by atoms with Gasteiger partial charge in [0.2, 0.25) is 0 Å². The predicted octanol–water partition coefficient (Wildman–Crippen LogP) is -1.44. The summed E-state index contributed by atoms with van der Waals surface area (Å²) < 4.78 is 21.5. The number of urea groups is 1. The second-order valence-electron chi connectivity index (χ2n) is 3.45. The monoisotopic (exact) mass is 236 g/mol. The zero-order chi connectivity index (χ0) is 11.6. The van der Waals surface area contributed by atoms with Crippen LogP contribution < -0.4 is 10.6 Å². The zero-order valence-corrected chi connectivity index (χ0v) is 8.87. The first-order valence-corrected chi connectivity index (χ1v) is 6.12. The fraction of sp³-hybridized carbons (Fsp3) is 0.714. The second kappa shape index (κ2) is 4.05. The summed E-state index contributed by atoms with van der Waals surface area (Å²) in [7, 11) is -2.98. The first-order chi connectivity index (χ1) is 6.80. The van der Waals surface area contributed by atoms with E-state index in [1.165, 1.54) is 6.92 Å². The van der Waals surface area contributed by atoms with E-state index in [9.17, 15) is 18.0 Å². The van der Waals surface area contributed by atoms with Crippen LogP contribution in [0.1, 0.15) is 6.92 Å². The number of rotatable bonds is 3. The van der Waals surface area contributed by atoms with Gasteiger partial charge in [0.05, 0.1) is 17.5 Å². The molecule has 1 saturated heterocycles. The Hall–Kier alpha value is -1.31. The molecular formula is C7H12N2O5S. The van der Waals surface area contributed by atoms with Crippen LogP contribution in [0.4, 0.5) is 4.79 Å². The molecule has 0 bridgehead atoms. The number of carboxylic acids is 1. The first kappa shape index (κ1) is 11.8. The van der Waals surface area contributed by atoms with E-state index in [-0.39, 0.29) is 11.5 Å². The van der Waals surface area contributed by atoms with E-state index in [0.717, 1.165) is 0 Å². The molecule has 1 atom stereocenters. The van der Waals surface area contributed by atoms with Crippen molar-refractivity contribution >= 4 is 21.8 Å². The number of hydrogen-bond donors (Lipinski definition) is 3. The van der Waals surface area contributed by atoms with Crippen LogP contribution >= 0.6 is 0 Å². The molecule has 8 heteroatoms. The number of carbonyl (C=O) groups excluding carboxylic acids is 1. The van der Waals surface area contributed by atoms with Gasteiger partial charge in [-0.2, -0.15) is 0 Å². The molecule has 2 amide bonds. The third-order valence-electron chi connectivity index (χ3n) is 1.96. The molecule has 1 rings (SSSR count). The number of sulfone groups is 1. The van der Waals surface area contributed by atoms with E-state index in [2.05, 4.69) is 10.6 Å². The van der Waals surface area contributed by atoms with Crippen molar-refractivity contribution in [3.63, 3.8) is 0 Å². The lowest BCUT2D eigenvalue weighted by atomic mass is 10.3. The molecule has 1 aliphatic heterocycles. The molecule has 7 nitrogen and oxygen atoms in total. The van der Waals surface area contributed by atoms with Crippen molar-refractivity contribution in [2.24, 2.45) is 0 Å². The molecule has 1 fully saturated rings. The van der Waals surface area contributed by atoms with E-state index in [1.807, 2.05) is 0 Å². The Bertz CT molecular complexity index is 365. The van der Waals surface area contributed by atoms with E-state index in [0.29, 0.717) is 0 Å². The van der Waals surface area contributed by atoms with Crippen molar-refractivity contribution in [2.75, 3.05) is 11.5 Å². The van der Waals surface area contributed by atoms with Crippen LogP contribution in [0.15, 0.2) is 0 Å². The third-order valence-corrected chi connectivity index (χ3v) is 3.78. The van der Waals surface area contributed by atoms with Gasteiger partial charge in [0.15, 0.2) is 9.84 Å². The van der Waals surface area contributed by atoms with Crippen LogP contribution in [0.2, 0.25) is 0 Å². The van der Waals surface area contributed by atoms with Gasteiger partial charge in [-0.3, -0.25) is 4.79 Å². The van der Waals surface area contributed by atoms with Crippen molar-refractivity contribution in [1.29, 1.82) is 0 Å². The van der Waals surface area contributed by atoms with Crippen LogP contribution in [0.25, 0.3) is 0 Å². The van der Waals surface area contributed by atoms with E-state index in [4.69, 9.17) is 5.11 Å². The van der Waals surface area contributed by atoms with Crippen molar-refractivity contribution < 1.29 is 23.1 Å². The number of carbonyl (C=O) groups is 2. The van der Waals surface area contributed by atoms with Crippen molar-refractivity contribution in [1.82, 2.24) is 10.6 Å². The molecule has 0 radical (unpaired) electrons. The Kier molecular flexibility index (Phi) is 3.18. The minimum atomic E-state index is -2.98. The highest BCUT2D eigenvalue weighted by atomic mass is 32.2. The molecule has 1 heterocycles. The fourth-order valence-electron chi connectivity index (χ4n) is 1.13. The molecule has 0 unspecified atom stereocenters. The summed E-state index contributed by atoms with van der Waals surface area (Å²) >= 11 is 0. The molecular weight excluding hydrogens is 224 g/mol. The lowest BCUT2D eigenvalue weighted by molar-refractivity contribution is -0.138. The minimum absolute atomic E-state index is 0.0815. The molecule has 3 N–H and O–H groups in total. The van der Waals surface area contributed by atoms with Crippen LogP contribution in [0, 0.1) is 0 Å². The van der Waals surface area contributed by atoms with Gasteiger partial charge in [0, 0.05) is 0 Å². The van der Waals surface area contributed by atoms with Gasteiger partial charge >= 0.3 is 12.0 Å². The quantitative estimate of drug-likeness (QED) is 0.555. The highest BCUT2D eigenvalue weighted by molar-refractivity contribution is 7.92. The highest BCUT2D eigenvalue weighted by Crippen LogP contribution is 2.09. The topological polar surface area (TPSA) is 113 Å². The van der Waals surface area contributed by atoms with Crippen molar-refractivity contribution in [3.05, 3.63) is 0 Å². The number of hydrogen-bond acceptors (Lipinski definition) is 4. The van der Waals surface area contributed by atoms with E-state index in [1.54, 1.807) is 0 Å². The lowest BCUT2D eigenvalue weighted by Crippen LogP contribution is -2.56. The van der Waals surface area contributed by atoms with E-state index < -0.39 is 33.9 Å². The lowest BCUT2D eigenvalue weighted by Gasteiger charge is -2.26. The average Bonchev–Trinajstić information content (AvgIpc) is 1.99. The average molecular weight is 236 g/mol. The summed E-state index contributed by atoms with van der Waals surface area (Å²) in [4.78, 5) is 21.5. The molecule has 0 saturated carbocycles. The summed E-state index contributed by atoms with van der Waals surface area (Å²) in [5, 5.41) is 13.0. The summed E-state index contributed by atoms with van der Waals surface area (Å²) in [6.45, 7) is 1.32. The van der Waals surface area contributed by atoms with Gasteiger partial charge in [-0.05, 0) is 6.92 Å². The number of nitrogens with one attached hydrogen (secondary N) is 2. The summed E-state index contributed by atoms with van der Waals surface area (Å²) in [6.07, 6.45) is 0. The van der Waals surface area contributed by atoms with Gasteiger partial charge < -0.3 is 15.7 Å². The van der Waals surface area contributed by atoms with Crippen LogP contribution in [0.3, 0.4) is 0 Å². The molecule has 0 aliphatic carbocycles. The smallest absolute Gasteiger partial charge is 0.325 e. The highest BCUT2D eigenvalue weighted by Gasteiger charge is 2.34. The standard InChI is InChI=1S/C7H12N2O5S/c1-4(6(10)11)8-7(12)9-5-2-15(13,14)3-5/h4-5H,2-3H2,1H3,(H,10,11)(H2,8,9,12)/t4-/m0/s1. The van der Waals surface area contributed by atoms with Gasteiger partial charge in [-0.15, -0.1) is 0 Å². The van der Waals surface area contributed by atoms with Crippen LogP contribution in [-0.4, -0.2) is 49.1 Å². The third kappa shape index (κ3) is 3.39. The Labute approximate surface area is 86.8 Å². The van der Waals surface area contributed by atoms with Gasteiger partial charge in [0.25, 0.3) is 0 Å². The first-order valence-electron chi connectivity index (χ1n) is 4.30. The van der Waals surface area contributed by atoms with Crippen LogP contribution in [-0.2, 0) is 14.6 Å². The number of aliphatic carboxylic acids is 1. The van der Waals surface area contributed by atoms with Gasteiger partial charge in [-0.25, -0.2) is 13.2 Å². The van der Waals surface area contributed by atoms with Crippen LogP contribution in [0.5, 0.6) is 0 Å². The fourth-order valence-corrected chi connectivity index (χ4v) is 2.43. The normalized spacial score (nSPS) is 21.1. The molecule has 1 aliphatic rings. The van der Waals surface area contributed by atoms with Gasteiger partial charge in [0.1, 0.15) is 6.04 Å². The molecule has 0 aromatic carbocycles. The van der Waals surface area contributed by atoms with Gasteiger partial charge in [-0.1, -0.05) is 0 Å². The molecule has 86 valence electrons. The SMILES string of the molecule is C[C@H](NC(=O)NC1CS(=O)(=O)C1)C(=O)O. The summed E-state index contributed by atoms with van der Waals surface area (Å²) in [5.41, 5.74) is 0. The Balaban J connectivity index is 2.29. The minimum Gasteiger partial charge on any atom is -0.480 e. The number of carboxylic acid groups (broad SMARTS) is 1. The summed E-state index contributed by atoms with van der Waals surface area (Å²) in [5.74, 6) is -1.31. The Morgan fingerprint density at radius 3 is 2.33 bits per heavy atom. The second-order valence-corrected chi connectivity index (χ2v) is 5.61. The molecule has 15 heavy (non-hydrogen) atoms. The van der Waals surface area contributed by atoms with Crippen molar-refractivity contribution in [3.8, 4) is 0 Å². The largest absolute Gasteiger partial charge is 0.480 e. The Morgan fingerprint density at radius 2 is 1.93 bits per heavy atom. The maximum Gasteiger partial charge on any atom is 0.325 e. The maximum absolute atomic E-state index is 11.1. The van der Waals surface area contributed by atoms with Crippen molar-refractivity contribution in [2.45, 2.75) is 19.0 Å². The molecule has 0 aromatic rings. The predicted molar refractivity (Wildman–Crippen MR) is 51.2 cm³/mol. The zero-order valence-electron chi connectivity index (χ0n) is 8.06. The summed E-state index contributed by atoms with van der Waals surface area (Å²) in [6, 6.07) is -2.07.